The van der Waals surface area contributed by atoms with Gasteiger partial charge in [0.2, 0.25) is 5.91 Å². The van der Waals surface area contributed by atoms with Crippen molar-refractivity contribution in [1.29, 1.82) is 0 Å². The molecule has 1 aromatic heterocycles. The normalized spacial score (nSPS) is 10.9. The predicted octanol–water partition coefficient (Wildman–Crippen LogP) is 0.843. The third kappa shape index (κ3) is 3.19. The molecule has 0 atom stereocenters. The Kier molecular flexibility index (Phi) is 4.09. The van der Waals surface area contributed by atoms with E-state index in [1.54, 1.807) is 19.1 Å². The number of benzene rings is 1. The van der Waals surface area contributed by atoms with Crippen LogP contribution in [-0.2, 0) is 11.2 Å². The predicted molar refractivity (Wildman–Crippen MR) is 72.0 cm³/mol. The van der Waals surface area contributed by atoms with Crippen molar-refractivity contribution >= 4 is 12.1 Å². The molecule has 0 spiro atoms. The van der Waals surface area contributed by atoms with Gasteiger partial charge >= 0.3 is 0 Å². The first-order chi connectivity index (χ1) is 9.58. The Morgan fingerprint density at radius 3 is 2.80 bits per heavy atom. The number of amides is 1. The fourth-order valence-electron chi connectivity index (χ4n) is 1.64. The Morgan fingerprint density at radius 1 is 1.40 bits per heavy atom. The first kappa shape index (κ1) is 13.7. The molecular formula is C13H13FN4O2. The van der Waals surface area contributed by atoms with Crippen LogP contribution in [0.25, 0.3) is 0 Å². The largest absolute Gasteiger partial charge is 0.302 e. The molecule has 0 unspecified atom stereocenters. The molecule has 3 N–H and O–H groups in total. The lowest BCUT2D eigenvalue weighted by atomic mass is 10.2. The standard InChI is InChI=1S/C13H13FN4O2/c1-8-10(13(20)18-16-8)6-12(19)17-15-7-9-4-2-3-5-11(9)14/h2-5,7H,6H2,1H3,(H,17,19)(H2,16,18,20). The molecular weight excluding hydrogens is 263 g/mol. The van der Waals surface area contributed by atoms with Gasteiger partial charge in [-0.15, -0.1) is 0 Å². The van der Waals surface area contributed by atoms with Crippen LogP contribution >= 0.6 is 0 Å². The summed E-state index contributed by atoms with van der Waals surface area (Å²) in [5.41, 5.74) is 3.13. The van der Waals surface area contributed by atoms with Gasteiger partial charge in [0.15, 0.2) is 0 Å². The second-order valence-corrected chi connectivity index (χ2v) is 4.17. The highest BCUT2D eigenvalue weighted by molar-refractivity contribution is 5.83. The van der Waals surface area contributed by atoms with E-state index in [2.05, 4.69) is 20.7 Å². The van der Waals surface area contributed by atoms with Gasteiger partial charge in [-0.05, 0) is 13.0 Å². The number of nitrogens with one attached hydrogen (secondary N) is 3. The first-order valence-corrected chi connectivity index (χ1v) is 5.90. The van der Waals surface area contributed by atoms with E-state index in [1.165, 1.54) is 18.3 Å². The minimum absolute atomic E-state index is 0.0979. The topological polar surface area (TPSA) is 90.1 Å². The van der Waals surface area contributed by atoms with Crippen LogP contribution in [0.2, 0.25) is 0 Å². The molecule has 0 saturated carbocycles. The number of carbonyl (C=O) groups is 1. The molecule has 1 amide bonds. The summed E-state index contributed by atoms with van der Waals surface area (Å²) < 4.78 is 13.3. The smallest absolute Gasteiger partial charge is 0.267 e. The summed E-state index contributed by atoms with van der Waals surface area (Å²) in [6.45, 7) is 1.68. The summed E-state index contributed by atoms with van der Waals surface area (Å²) in [5.74, 6) is -0.880. The maximum absolute atomic E-state index is 13.3. The van der Waals surface area contributed by atoms with Crippen LogP contribution in [0.15, 0.2) is 34.2 Å². The Bertz CT molecular complexity index is 702. The average molecular weight is 276 g/mol. The lowest BCUT2D eigenvalue weighted by Crippen LogP contribution is -2.23. The molecule has 1 heterocycles. The van der Waals surface area contributed by atoms with E-state index in [1.807, 2.05) is 0 Å². The van der Waals surface area contributed by atoms with Crippen molar-refractivity contribution in [2.24, 2.45) is 5.10 Å². The van der Waals surface area contributed by atoms with E-state index in [-0.39, 0.29) is 17.5 Å². The summed E-state index contributed by atoms with van der Waals surface area (Å²) in [7, 11) is 0. The van der Waals surface area contributed by atoms with Crippen LogP contribution in [0.3, 0.4) is 0 Å². The summed E-state index contributed by atoms with van der Waals surface area (Å²) in [4.78, 5) is 23.0. The molecule has 2 rings (SSSR count). The Labute approximate surface area is 113 Å². The van der Waals surface area contributed by atoms with E-state index in [0.717, 1.165) is 0 Å². The third-order valence-corrected chi connectivity index (χ3v) is 2.73. The van der Waals surface area contributed by atoms with Crippen molar-refractivity contribution in [2.45, 2.75) is 13.3 Å². The highest BCUT2D eigenvalue weighted by Gasteiger charge is 2.10. The van der Waals surface area contributed by atoms with Crippen molar-refractivity contribution < 1.29 is 9.18 Å². The van der Waals surface area contributed by atoms with Crippen LogP contribution < -0.4 is 11.0 Å². The fraction of sp³-hybridized carbons (Fsp3) is 0.154. The number of rotatable bonds is 4. The van der Waals surface area contributed by atoms with Crippen LogP contribution in [0.4, 0.5) is 4.39 Å². The van der Waals surface area contributed by atoms with Crippen LogP contribution in [-0.4, -0.2) is 22.3 Å². The van der Waals surface area contributed by atoms with Gasteiger partial charge in [0.1, 0.15) is 5.82 Å². The number of hydrogen-bond acceptors (Lipinski definition) is 3. The van der Waals surface area contributed by atoms with Gasteiger partial charge in [-0.3, -0.25) is 14.7 Å². The Hall–Kier alpha value is -2.70. The molecule has 1 aromatic carbocycles. The van der Waals surface area contributed by atoms with E-state index in [9.17, 15) is 14.0 Å². The zero-order valence-corrected chi connectivity index (χ0v) is 10.7. The number of aromatic amines is 2. The first-order valence-electron chi connectivity index (χ1n) is 5.90. The van der Waals surface area contributed by atoms with Crippen LogP contribution in [0.5, 0.6) is 0 Å². The SMILES string of the molecule is Cc1[nH][nH]c(=O)c1CC(=O)NN=Cc1ccccc1F. The minimum Gasteiger partial charge on any atom is -0.302 e. The van der Waals surface area contributed by atoms with Gasteiger partial charge in [-0.1, -0.05) is 18.2 Å². The average Bonchev–Trinajstić information content (AvgIpc) is 2.73. The quantitative estimate of drug-likeness (QED) is 0.570. The zero-order chi connectivity index (χ0) is 14.5. The lowest BCUT2D eigenvalue weighted by molar-refractivity contribution is -0.120. The highest BCUT2D eigenvalue weighted by Crippen LogP contribution is 2.02. The minimum atomic E-state index is -0.453. The molecule has 0 aliphatic carbocycles. The molecule has 0 saturated heterocycles. The third-order valence-electron chi connectivity index (χ3n) is 2.73. The second-order valence-electron chi connectivity index (χ2n) is 4.17. The number of halogens is 1. The monoisotopic (exact) mass is 276 g/mol. The number of nitrogens with zero attached hydrogens (tertiary/aromatic N) is 1. The fourth-order valence-corrected chi connectivity index (χ4v) is 1.64. The molecule has 0 aliphatic rings. The summed E-state index contributed by atoms with van der Waals surface area (Å²) in [6, 6.07) is 6.05. The molecule has 7 heteroatoms. The molecule has 6 nitrogen and oxygen atoms in total. The van der Waals surface area contributed by atoms with Gasteiger partial charge in [0.25, 0.3) is 5.56 Å². The summed E-state index contributed by atoms with van der Waals surface area (Å²) >= 11 is 0. The zero-order valence-electron chi connectivity index (χ0n) is 10.7. The van der Waals surface area contributed by atoms with E-state index >= 15 is 0 Å². The van der Waals surface area contributed by atoms with E-state index in [4.69, 9.17) is 0 Å². The highest BCUT2D eigenvalue weighted by atomic mass is 19.1. The lowest BCUT2D eigenvalue weighted by Gasteiger charge is -1.98. The number of aryl methyl sites for hydroxylation is 1. The van der Waals surface area contributed by atoms with Crippen LogP contribution in [0, 0.1) is 12.7 Å². The van der Waals surface area contributed by atoms with E-state index < -0.39 is 11.7 Å². The van der Waals surface area contributed by atoms with Crippen LogP contribution in [0.1, 0.15) is 16.8 Å². The number of H-pyrrole nitrogens is 2. The second kappa shape index (κ2) is 5.96. The number of hydrazone groups is 1. The number of hydrogen-bond donors (Lipinski definition) is 3. The van der Waals surface area contributed by atoms with Crippen molar-refractivity contribution in [3.8, 4) is 0 Å². The summed E-state index contributed by atoms with van der Waals surface area (Å²) in [5, 5.41) is 8.66. The van der Waals surface area contributed by atoms with E-state index in [0.29, 0.717) is 11.3 Å². The summed E-state index contributed by atoms with van der Waals surface area (Å²) in [6.07, 6.45) is 1.11. The van der Waals surface area contributed by atoms with Crippen molar-refractivity contribution in [3.63, 3.8) is 0 Å². The van der Waals surface area contributed by atoms with Gasteiger partial charge in [-0.2, -0.15) is 5.10 Å². The molecule has 0 radical (unpaired) electrons. The van der Waals surface area contributed by atoms with Crippen molar-refractivity contribution in [1.82, 2.24) is 15.6 Å². The van der Waals surface area contributed by atoms with Gasteiger partial charge in [0.05, 0.1) is 12.6 Å². The van der Waals surface area contributed by atoms with Gasteiger partial charge in [-0.25, -0.2) is 9.82 Å². The molecule has 0 aliphatic heterocycles. The van der Waals surface area contributed by atoms with Crippen molar-refractivity contribution in [3.05, 3.63) is 57.3 Å². The molecule has 20 heavy (non-hydrogen) atoms. The van der Waals surface area contributed by atoms with Gasteiger partial charge < -0.3 is 5.10 Å². The number of aromatic nitrogens is 2. The maximum atomic E-state index is 13.3. The molecule has 2 aromatic rings. The Balaban J connectivity index is 1.96. The maximum Gasteiger partial charge on any atom is 0.267 e. The van der Waals surface area contributed by atoms with Gasteiger partial charge in [0, 0.05) is 16.8 Å². The molecule has 104 valence electrons. The van der Waals surface area contributed by atoms with Crippen molar-refractivity contribution in [2.75, 3.05) is 0 Å². The Morgan fingerprint density at radius 2 is 2.15 bits per heavy atom. The molecule has 0 fully saturated rings. The number of carbonyl (C=O) groups excluding carboxylic acids is 1. The molecule has 0 bridgehead atoms.